The smallest absolute Gasteiger partial charge is 0.266 e. The lowest BCUT2D eigenvalue weighted by atomic mass is 10.1. The minimum Gasteiger partial charge on any atom is -0.377 e. The molecule has 1 unspecified atom stereocenters. The monoisotopic (exact) mass is 413 g/mol. The molecular weight excluding hydrogens is 393 g/mol. The second kappa shape index (κ2) is 7.88. The molecule has 29 heavy (non-hydrogen) atoms. The van der Waals surface area contributed by atoms with Crippen molar-refractivity contribution in [1.82, 2.24) is 14.5 Å². The Labute approximate surface area is 171 Å². The van der Waals surface area contributed by atoms with Crippen LogP contribution in [0.3, 0.4) is 0 Å². The molecule has 0 radical (unpaired) electrons. The van der Waals surface area contributed by atoms with Gasteiger partial charge in [-0.3, -0.25) is 9.59 Å². The molecule has 1 aromatic heterocycles. The average Bonchev–Trinajstić information content (AvgIpc) is 2.93. The maximum atomic E-state index is 14.2. The number of benzene rings is 2. The molecule has 150 valence electrons. The predicted octanol–water partition coefficient (Wildman–Crippen LogP) is 3.44. The summed E-state index contributed by atoms with van der Waals surface area (Å²) in [5.41, 5.74) is 0.544. The molecule has 0 bridgehead atoms. The molecule has 0 spiro atoms. The van der Waals surface area contributed by atoms with Crippen LogP contribution < -0.4 is 5.56 Å². The molecule has 1 N–H and O–H groups in total. The third-order valence-corrected chi connectivity index (χ3v) is 5.38. The molecule has 1 aliphatic rings. The number of carbonyl (C=O) groups is 1. The van der Waals surface area contributed by atoms with Crippen molar-refractivity contribution in [1.29, 1.82) is 0 Å². The van der Waals surface area contributed by atoms with Crippen LogP contribution in [0.25, 0.3) is 16.6 Å². The zero-order valence-corrected chi connectivity index (χ0v) is 16.7. The van der Waals surface area contributed by atoms with Gasteiger partial charge in [0.15, 0.2) is 4.77 Å². The summed E-state index contributed by atoms with van der Waals surface area (Å²) in [7, 11) is 0. The van der Waals surface area contributed by atoms with Gasteiger partial charge in [0.25, 0.3) is 11.5 Å². The van der Waals surface area contributed by atoms with E-state index in [1.807, 2.05) is 6.92 Å². The summed E-state index contributed by atoms with van der Waals surface area (Å²) < 4.78 is 21.0. The van der Waals surface area contributed by atoms with Crippen molar-refractivity contribution >= 4 is 29.0 Å². The normalized spacial score (nSPS) is 17.3. The second-order valence-electron chi connectivity index (χ2n) is 7.04. The van der Waals surface area contributed by atoms with Gasteiger partial charge in [0.2, 0.25) is 0 Å². The highest BCUT2D eigenvalue weighted by atomic mass is 32.1. The summed E-state index contributed by atoms with van der Waals surface area (Å²) >= 11 is 5.30. The highest BCUT2D eigenvalue weighted by molar-refractivity contribution is 7.71. The number of rotatable bonds is 2. The largest absolute Gasteiger partial charge is 0.377 e. The maximum absolute atomic E-state index is 14.2. The molecule has 2 heterocycles. The number of nitrogens with zero attached hydrogens (tertiary/aromatic N) is 2. The molecular formula is C21H20FN3O3S. The second-order valence-corrected chi connectivity index (χ2v) is 7.43. The number of para-hydroxylation sites is 1. The SMILES string of the molecule is CC1CCN(C(=O)c2ccc3c(=O)n(-c4ccccc4F)c(=S)[nH]c3c2)CCO1. The average molecular weight is 413 g/mol. The lowest BCUT2D eigenvalue weighted by Gasteiger charge is -2.20. The van der Waals surface area contributed by atoms with Gasteiger partial charge in [-0.1, -0.05) is 12.1 Å². The minimum absolute atomic E-state index is 0.0641. The van der Waals surface area contributed by atoms with Gasteiger partial charge in [0.05, 0.1) is 29.3 Å². The van der Waals surface area contributed by atoms with Crippen LogP contribution in [0.1, 0.15) is 23.7 Å². The molecule has 1 amide bonds. The van der Waals surface area contributed by atoms with Crippen LogP contribution in [0.15, 0.2) is 47.3 Å². The van der Waals surface area contributed by atoms with Gasteiger partial charge in [0.1, 0.15) is 5.82 Å². The molecule has 4 rings (SSSR count). The van der Waals surface area contributed by atoms with E-state index in [0.717, 1.165) is 11.0 Å². The van der Waals surface area contributed by atoms with Crippen molar-refractivity contribution in [3.8, 4) is 5.69 Å². The zero-order valence-electron chi connectivity index (χ0n) is 15.9. The Bertz CT molecular complexity index is 1200. The number of fused-ring (bicyclic) bond motifs is 1. The first kappa shape index (κ1) is 19.5. The highest BCUT2D eigenvalue weighted by Gasteiger charge is 2.21. The van der Waals surface area contributed by atoms with Crippen molar-refractivity contribution in [2.24, 2.45) is 0 Å². The van der Waals surface area contributed by atoms with Crippen LogP contribution >= 0.6 is 12.2 Å². The molecule has 1 atom stereocenters. The van der Waals surface area contributed by atoms with E-state index in [2.05, 4.69) is 4.98 Å². The van der Waals surface area contributed by atoms with Crippen molar-refractivity contribution in [3.05, 3.63) is 69.0 Å². The van der Waals surface area contributed by atoms with Crippen LogP contribution in [-0.2, 0) is 4.74 Å². The van der Waals surface area contributed by atoms with Crippen LogP contribution in [0.5, 0.6) is 0 Å². The third-order valence-electron chi connectivity index (χ3n) is 5.09. The Morgan fingerprint density at radius 1 is 1.24 bits per heavy atom. The Balaban J connectivity index is 1.75. The van der Waals surface area contributed by atoms with E-state index in [1.165, 1.54) is 12.1 Å². The fourth-order valence-corrected chi connectivity index (χ4v) is 3.78. The zero-order chi connectivity index (χ0) is 20.5. The first-order chi connectivity index (χ1) is 14.0. The molecule has 1 fully saturated rings. The van der Waals surface area contributed by atoms with Gasteiger partial charge in [-0.05, 0) is 55.9 Å². The number of H-pyrrole nitrogens is 1. The van der Waals surface area contributed by atoms with Crippen LogP contribution in [-0.4, -0.2) is 46.2 Å². The van der Waals surface area contributed by atoms with E-state index in [0.29, 0.717) is 36.2 Å². The Morgan fingerprint density at radius 3 is 2.83 bits per heavy atom. The number of nitrogens with one attached hydrogen (secondary N) is 1. The predicted molar refractivity (Wildman–Crippen MR) is 111 cm³/mol. The van der Waals surface area contributed by atoms with E-state index < -0.39 is 11.4 Å². The van der Waals surface area contributed by atoms with E-state index in [1.54, 1.807) is 35.2 Å². The van der Waals surface area contributed by atoms with Crippen molar-refractivity contribution in [3.63, 3.8) is 0 Å². The van der Waals surface area contributed by atoms with Gasteiger partial charge in [-0.2, -0.15) is 0 Å². The number of ether oxygens (including phenoxy) is 1. The number of hydrogen-bond acceptors (Lipinski definition) is 4. The summed E-state index contributed by atoms with van der Waals surface area (Å²) in [6.07, 6.45) is 0.895. The highest BCUT2D eigenvalue weighted by Crippen LogP contribution is 2.17. The van der Waals surface area contributed by atoms with Gasteiger partial charge in [-0.15, -0.1) is 0 Å². The van der Waals surface area contributed by atoms with E-state index in [4.69, 9.17) is 17.0 Å². The standard InChI is InChI=1S/C21H20FN3O3S/c1-13-8-9-24(10-11-28-13)19(26)14-6-7-15-17(12-14)23-21(29)25(20(15)27)18-5-3-2-4-16(18)22/h2-7,12-13H,8-11H2,1H3,(H,23,29). The molecule has 3 aromatic rings. The van der Waals surface area contributed by atoms with E-state index in [9.17, 15) is 14.0 Å². The van der Waals surface area contributed by atoms with Crippen LogP contribution in [0.4, 0.5) is 4.39 Å². The number of aromatic amines is 1. The molecule has 0 aliphatic carbocycles. The van der Waals surface area contributed by atoms with Crippen molar-refractivity contribution in [2.45, 2.75) is 19.4 Å². The van der Waals surface area contributed by atoms with Gasteiger partial charge < -0.3 is 14.6 Å². The molecule has 6 nitrogen and oxygen atoms in total. The molecule has 1 saturated heterocycles. The Morgan fingerprint density at radius 2 is 2.03 bits per heavy atom. The number of halogens is 1. The van der Waals surface area contributed by atoms with Crippen LogP contribution in [0.2, 0.25) is 0 Å². The summed E-state index contributed by atoms with van der Waals surface area (Å²) in [5, 5.41) is 0.325. The summed E-state index contributed by atoms with van der Waals surface area (Å²) in [6.45, 7) is 3.62. The first-order valence-corrected chi connectivity index (χ1v) is 9.81. The third kappa shape index (κ3) is 3.73. The summed E-state index contributed by atoms with van der Waals surface area (Å²) in [6, 6.07) is 10.8. The Kier molecular flexibility index (Phi) is 5.29. The Hall–Kier alpha value is -2.84. The quantitative estimate of drug-likeness (QED) is 0.654. The minimum atomic E-state index is -0.544. The fraction of sp³-hybridized carbons (Fsp3) is 0.286. The summed E-state index contributed by atoms with van der Waals surface area (Å²) in [4.78, 5) is 30.6. The van der Waals surface area contributed by atoms with E-state index in [-0.39, 0.29) is 22.5 Å². The molecule has 0 saturated carbocycles. The number of hydrogen-bond donors (Lipinski definition) is 1. The molecule has 1 aliphatic heterocycles. The first-order valence-electron chi connectivity index (χ1n) is 9.40. The van der Waals surface area contributed by atoms with Crippen molar-refractivity contribution in [2.75, 3.05) is 19.7 Å². The fourth-order valence-electron chi connectivity index (χ4n) is 3.49. The van der Waals surface area contributed by atoms with Crippen LogP contribution in [0, 0.1) is 10.6 Å². The summed E-state index contributed by atoms with van der Waals surface area (Å²) in [5.74, 6) is -0.667. The molecule has 2 aromatic carbocycles. The van der Waals surface area contributed by atoms with Gasteiger partial charge >= 0.3 is 0 Å². The van der Waals surface area contributed by atoms with Gasteiger partial charge in [-0.25, -0.2) is 8.96 Å². The topological polar surface area (TPSA) is 67.3 Å². The number of carbonyl (C=O) groups excluding carboxylic acids is 1. The number of amides is 1. The van der Waals surface area contributed by atoms with Gasteiger partial charge in [0, 0.05) is 18.7 Å². The number of aromatic nitrogens is 2. The lowest BCUT2D eigenvalue weighted by molar-refractivity contribution is 0.0666. The maximum Gasteiger partial charge on any atom is 0.266 e. The van der Waals surface area contributed by atoms with E-state index >= 15 is 0 Å². The molecule has 8 heteroatoms. The van der Waals surface area contributed by atoms with Crippen molar-refractivity contribution < 1.29 is 13.9 Å². The lowest BCUT2D eigenvalue weighted by Crippen LogP contribution is -2.33.